The number of nitrogens with zero attached hydrogens (tertiary/aromatic N) is 2. The Labute approximate surface area is 218 Å². The van der Waals surface area contributed by atoms with E-state index in [2.05, 4.69) is 31.1 Å². The topological polar surface area (TPSA) is 99.6 Å². The molecule has 0 saturated heterocycles. The number of rotatable bonds is 13. The first-order valence-corrected chi connectivity index (χ1v) is 13.7. The van der Waals surface area contributed by atoms with Gasteiger partial charge in [-0.25, -0.2) is 17.8 Å². The van der Waals surface area contributed by atoms with Crippen molar-refractivity contribution in [2.75, 3.05) is 11.9 Å². The van der Waals surface area contributed by atoms with Crippen LogP contribution in [0.2, 0.25) is 0 Å². The lowest BCUT2D eigenvalue weighted by Crippen LogP contribution is -2.31. The molecule has 0 radical (unpaired) electrons. The Balaban J connectivity index is 1.92. The van der Waals surface area contributed by atoms with Gasteiger partial charge >= 0.3 is 5.97 Å². The van der Waals surface area contributed by atoms with Gasteiger partial charge in [0.1, 0.15) is 23.1 Å². The number of aliphatic carboxylic acids is 1. The molecule has 0 fully saturated rings. The summed E-state index contributed by atoms with van der Waals surface area (Å²) < 4.78 is 42.9. The van der Waals surface area contributed by atoms with Crippen molar-refractivity contribution in [2.45, 2.75) is 63.4 Å². The highest BCUT2D eigenvalue weighted by molar-refractivity contribution is 7.89. The van der Waals surface area contributed by atoms with E-state index in [9.17, 15) is 17.6 Å². The van der Waals surface area contributed by atoms with Gasteiger partial charge < -0.3 is 10.4 Å². The minimum absolute atomic E-state index is 0.000776. The molecule has 0 aliphatic heterocycles. The van der Waals surface area contributed by atoms with E-state index < -0.39 is 26.7 Å². The molecular formula is C28H34FN3O4S. The minimum atomic E-state index is -4.21. The summed E-state index contributed by atoms with van der Waals surface area (Å²) in [5.74, 6) is -1.57. The van der Waals surface area contributed by atoms with E-state index in [4.69, 9.17) is 5.11 Å². The van der Waals surface area contributed by atoms with Crippen LogP contribution in [0.3, 0.4) is 0 Å². The van der Waals surface area contributed by atoms with Gasteiger partial charge in [0.05, 0.1) is 12.2 Å². The number of hydrogen-bond acceptors (Lipinski definition) is 5. The lowest BCUT2D eigenvalue weighted by Gasteiger charge is -2.26. The highest BCUT2D eigenvalue weighted by atomic mass is 32.2. The number of carboxylic acid groups (broad SMARTS) is 1. The standard InChI is InChI=1S/C28H34FN3O4S/c1-4-5-17-28(2,3)22-15-13-21(14-16-22)19-32(37(35,36)25-11-7-6-10-24(25)29)20-23-9-8-12-26(31-23)30-18-27(33)34/h6-16H,4-5,17-20H2,1-3H3,(H,30,31)(H,33,34). The molecule has 198 valence electrons. The first-order valence-electron chi connectivity index (χ1n) is 12.3. The van der Waals surface area contributed by atoms with Crippen LogP contribution in [-0.2, 0) is 33.3 Å². The minimum Gasteiger partial charge on any atom is -0.480 e. The van der Waals surface area contributed by atoms with E-state index in [0.29, 0.717) is 11.5 Å². The van der Waals surface area contributed by atoms with Crippen molar-refractivity contribution in [3.63, 3.8) is 0 Å². The predicted molar refractivity (Wildman–Crippen MR) is 142 cm³/mol. The van der Waals surface area contributed by atoms with Crippen molar-refractivity contribution in [1.82, 2.24) is 9.29 Å². The van der Waals surface area contributed by atoms with E-state index >= 15 is 0 Å². The number of halogens is 1. The van der Waals surface area contributed by atoms with Gasteiger partial charge in [-0.05, 0) is 47.2 Å². The van der Waals surface area contributed by atoms with Gasteiger partial charge in [0.15, 0.2) is 0 Å². The van der Waals surface area contributed by atoms with Gasteiger partial charge in [0, 0.05) is 6.54 Å². The summed E-state index contributed by atoms with van der Waals surface area (Å²) in [7, 11) is -4.21. The summed E-state index contributed by atoms with van der Waals surface area (Å²) in [4.78, 5) is 14.8. The van der Waals surface area contributed by atoms with Crippen LogP contribution in [0.15, 0.2) is 71.6 Å². The third kappa shape index (κ3) is 7.60. The molecule has 0 spiro atoms. The van der Waals surface area contributed by atoms with E-state index in [0.717, 1.165) is 30.9 Å². The molecule has 3 aromatic rings. The molecule has 0 saturated carbocycles. The zero-order valence-corrected chi connectivity index (χ0v) is 22.3. The van der Waals surface area contributed by atoms with E-state index in [-0.39, 0.29) is 25.0 Å². The maximum absolute atomic E-state index is 14.6. The zero-order chi connectivity index (χ0) is 27.1. The number of sulfonamides is 1. The molecule has 0 aliphatic carbocycles. The van der Waals surface area contributed by atoms with Crippen molar-refractivity contribution < 1.29 is 22.7 Å². The average molecular weight is 528 g/mol. The molecule has 0 unspecified atom stereocenters. The lowest BCUT2D eigenvalue weighted by atomic mass is 9.80. The van der Waals surface area contributed by atoms with Gasteiger partial charge in [-0.2, -0.15) is 4.31 Å². The van der Waals surface area contributed by atoms with Crippen LogP contribution in [0.4, 0.5) is 10.2 Å². The van der Waals surface area contributed by atoms with Crippen LogP contribution in [0.1, 0.15) is 56.9 Å². The molecular weight excluding hydrogens is 493 g/mol. The first kappa shape index (κ1) is 28.3. The molecule has 1 heterocycles. The van der Waals surface area contributed by atoms with Gasteiger partial charge in [-0.15, -0.1) is 0 Å². The van der Waals surface area contributed by atoms with E-state index in [1.54, 1.807) is 18.2 Å². The van der Waals surface area contributed by atoms with Crippen LogP contribution in [0.25, 0.3) is 0 Å². The SMILES string of the molecule is CCCCC(C)(C)c1ccc(CN(Cc2cccc(NCC(=O)O)n2)S(=O)(=O)c2ccccc2F)cc1. The Morgan fingerprint density at radius 3 is 2.38 bits per heavy atom. The summed E-state index contributed by atoms with van der Waals surface area (Å²) in [6.45, 7) is 6.13. The monoisotopic (exact) mass is 527 g/mol. The average Bonchev–Trinajstić information content (AvgIpc) is 2.86. The Morgan fingerprint density at radius 2 is 1.73 bits per heavy atom. The third-order valence-electron chi connectivity index (χ3n) is 6.27. The normalized spacial score (nSPS) is 12.0. The second-order valence-electron chi connectivity index (χ2n) is 9.65. The largest absolute Gasteiger partial charge is 0.480 e. The van der Waals surface area contributed by atoms with Gasteiger partial charge in [-0.1, -0.05) is 76.1 Å². The van der Waals surface area contributed by atoms with Gasteiger partial charge in [0.2, 0.25) is 10.0 Å². The Hall–Kier alpha value is -3.30. The van der Waals surface area contributed by atoms with Gasteiger partial charge in [0.25, 0.3) is 0 Å². The summed E-state index contributed by atoms with van der Waals surface area (Å²) in [6.07, 6.45) is 3.29. The molecule has 0 amide bonds. The third-order valence-corrected chi connectivity index (χ3v) is 8.09. The Kier molecular flexibility index (Phi) is 9.39. The quantitative estimate of drug-likeness (QED) is 0.301. The number of nitrogens with one attached hydrogen (secondary N) is 1. The van der Waals surface area contributed by atoms with Crippen LogP contribution < -0.4 is 5.32 Å². The fourth-order valence-electron chi connectivity index (χ4n) is 4.06. The molecule has 0 atom stereocenters. The van der Waals surface area contributed by atoms with Crippen LogP contribution >= 0.6 is 0 Å². The van der Waals surface area contributed by atoms with Crippen LogP contribution in [0, 0.1) is 5.82 Å². The fourth-order valence-corrected chi connectivity index (χ4v) is 5.52. The second-order valence-corrected chi connectivity index (χ2v) is 11.6. The van der Waals surface area contributed by atoms with Crippen molar-refractivity contribution in [3.05, 3.63) is 89.4 Å². The van der Waals surface area contributed by atoms with Gasteiger partial charge in [-0.3, -0.25) is 4.79 Å². The Morgan fingerprint density at radius 1 is 1.03 bits per heavy atom. The number of benzene rings is 2. The lowest BCUT2D eigenvalue weighted by molar-refractivity contribution is -0.134. The summed E-state index contributed by atoms with van der Waals surface area (Å²) in [5, 5.41) is 11.6. The highest BCUT2D eigenvalue weighted by Gasteiger charge is 2.28. The number of carbonyl (C=O) groups is 1. The van der Waals surface area contributed by atoms with Crippen molar-refractivity contribution in [3.8, 4) is 0 Å². The molecule has 3 rings (SSSR count). The number of carboxylic acids is 1. The number of pyridine rings is 1. The number of hydrogen-bond donors (Lipinski definition) is 2. The molecule has 2 aromatic carbocycles. The second kappa shape index (κ2) is 12.3. The molecule has 0 bridgehead atoms. The Bertz CT molecular complexity index is 1310. The molecule has 9 heteroatoms. The predicted octanol–water partition coefficient (Wildman–Crippen LogP) is 5.58. The van der Waals surface area contributed by atoms with Crippen LogP contribution in [-0.4, -0.2) is 35.3 Å². The summed E-state index contributed by atoms with van der Waals surface area (Å²) in [5.41, 5.74) is 2.33. The molecule has 2 N–H and O–H groups in total. The molecule has 7 nitrogen and oxygen atoms in total. The number of anilines is 1. The number of aromatic nitrogens is 1. The van der Waals surface area contributed by atoms with Crippen molar-refractivity contribution in [2.24, 2.45) is 0 Å². The maximum Gasteiger partial charge on any atom is 0.322 e. The zero-order valence-electron chi connectivity index (χ0n) is 21.4. The van der Waals surface area contributed by atoms with E-state index in [1.165, 1.54) is 28.1 Å². The van der Waals surface area contributed by atoms with Crippen molar-refractivity contribution >= 4 is 21.8 Å². The smallest absolute Gasteiger partial charge is 0.322 e. The highest BCUT2D eigenvalue weighted by Crippen LogP contribution is 2.30. The summed E-state index contributed by atoms with van der Waals surface area (Å²) in [6, 6.07) is 18.1. The van der Waals surface area contributed by atoms with Crippen molar-refractivity contribution in [1.29, 1.82) is 0 Å². The fraction of sp³-hybridized carbons (Fsp3) is 0.357. The molecule has 0 aliphatic rings. The summed E-state index contributed by atoms with van der Waals surface area (Å²) >= 11 is 0. The molecule has 1 aromatic heterocycles. The van der Waals surface area contributed by atoms with E-state index in [1.807, 2.05) is 24.3 Å². The molecule has 37 heavy (non-hydrogen) atoms. The van der Waals surface area contributed by atoms with Crippen LogP contribution in [0.5, 0.6) is 0 Å². The first-order chi connectivity index (χ1) is 17.5. The maximum atomic E-state index is 14.6. The number of unbranched alkanes of at least 4 members (excludes halogenated alkanes) is 1.